The number of aromatic nitrogens is 1. The lowest BCUT2D eigenvalue weighted by Crippen LogP contribution is -2.34. The molecule has 180 valence electrons. The van der Waals surface area contributed by atoms with Crippen molar-refractivity contribution < 1.29 is 31.1 Å². The summed E-state index contributed by atoms with van der Waals surface area (Å²) in [5.74, 6) is -0.638. The molecule has 1 aromatic heterocycles. The molecule has 0 saturated carbocycles. The Bertz CT molecular complexity index is 1400. The average Bonchev–Trinajstić information content (AvgIpc) is 3.31. The second-order valence-corrected chi connectivity index (χ2v) is 9.30. The van der Waals surface area contributed by atoms with Gasteiger partial charge in [-0.05, 0) is 31.0 Å². The Balaban J connectivity index is 1.61. The molecule has 1 fully saturated rings. The minimum atomic E-state index is -4.66. The summed E-state index contributed by atoms with van der Waals surface area (Å²) in [4.78, 5) is 27.8. The van der Waals surface area contributed by atoms with Crippen LogP contribution in [0.15, 0.2) is 58.4 Å². The zero-order valence-electron chi connectivity index (χ0n) is 17.6. The number of hydrogen-bond acceptors (Lipinski definition) is 5. The number of sulfonamides is 1. The number of ether oxygens (including phenoxy) is 1. The minimum Gasteiger partial charge on any atom is -0.573 e. The first kappa shape index (κ1) is 23.8. The van der Waals surface area contributed by atoms with Gasteiger partial charge >= 0.3 is 6.18 Å². The zero-order valence-corrected chi connectivity index (χ0v) is 18.4. The lowest BCUT2D eigenvalue weighted by Gasteiger charge is -2.23. The fraction of sp³-hybridized carbons (Fsp3) is 0.273. The maximum atomic E-state index is 12.9. The van der Waals surface area contributed by atoms with Crippen LogP contribution in [-0.2, 0) is 20.9 Å². The topological polar surface area (TPSA) is 119 Å². The van der Waals surface area contributed by atoms with Crippen LogP contribution in [0.1, 0.15) is 28.8 Å². The van der Waals surface area contributed by atoms with Crippen molar-refractivity contribution in [2.45, 2.75) is 30.0 Å². The van der Waals surface area contributed by atoms with Gasteiger partial charge in [0, 0.05) is 30.3 Å². The molecule has 0 spiro atoms. The van der Waals surface area contributed by atoms with E-state index in [-0.39, 0.29) is 29.1 Å². The van der Waals surface area contributed by atoms with Gasteiger partial charge in [-0.3, -0.25) is 9.59 Å². The van der Waals surface area contributed by atoms with Crippen molar-refractivity contribution in [3.8, 4) is 0 Å². The standard InChI is InChI=1S/C22H19F3N3O5S/c23-22(24,25)13-3-1-4-14(9-13)28-34(31,32)16-6-7-19-17(10-16)20(29)18(12-26-19)21(30)27-11-15-5-2-8-33-15/h1,3-4,6-7,9-10,12,15H,2,5,8,11H2,(H2,26,27,29,30)/q-1. The monoisotopic (exact) mass is 494 g/mol. The number of benzene rings is 2. The number of fused-ring (bicyclic) bond motifs is 1. The summed E-state index contributed by atoms with van der Waals surface area (Å²) in [6.07, 6.45) is -1.87. The molecule has 4 rings (SSSR count). The second-order valence-electron chi connectivity index (χ2n) is 7.70. The Kier molecular flexibility index (Phi) is 6.36. The summed E-state index contributed by atoms with van der Waals surface area (Å²) in [7, 11) is -4.45. The van der Waals surface area contributed by atoms with E-state index in [1.807, 2.05) is 0 Å². The highest BCUT2D eigenvalue weighted by atomic mass is 32.2. The van der Waals surface area contributed by atoms with Gasteiger partial charge in [0.05, 0.1) is 16.6 Å². The van der Waals surface area contributed by atoms with Crippen molar-refractivity contribution >= 4 is 32.5 Å². The number of alkyl halides is 3. The quantitative estimate of drug-likeness (QED) is 0.540. The molecule has 1 aliphatic rings. The molecule has 0 bridgehead atoms. The van der Waals surface area contributed by atoms with Gasteiger partial charge in [-0.25, -0.2) is 8.42 Å². The van der Waals surface area contributed by atoms with Crippen LogP contribution in [0.25, 0.3) is 15.6 Å². The van der Waals surface area contributed by atoms with Crippen LogP contribution in [0.4, 0.5) is 18.9 Å². The van der Waals surface area contributed by atoms with E-state index in [0.717, 1.165) is 37.1 Å². The highest BCUT2D eigenvalue weighted by molar-refractivity contribution is 7.94. The van der Waals surface area contributed by atoms with Crippen molar-refractivity contribution in [3.63, 3.8) is 0 Å². The summed E-state index contributed by atoms with van der Waals surface area (Å²) >= 11 is 0. The largest absolute Gasteiger partial charge is 0.573 e. The normalized spacial score (nSPS) is 16.5. The van der Waals surface area contributed by atoms with Crippen molar-refractivity contribution in [2.24, 2.45) is 0 Å². The van der Waals surface area contributed by atoms with Gasteiger partial charge in [-0.15, -0.1) is 5.69 Å². The lowest BCUT2D eigenvalue weighted by molar-refractivity contribution is -0.137. The predicted octanol–water partition coefficient (Wildman–Crippen LogP) is 3.85. The molecule has 1 amide bonds. The SMILES string of the molecule is O=C(NCC1CCCO1)c1c[nH]c2ccc(S(=O)(=O)[N-]c3cccc(C(F)(F)F)c3)cc2c1=O. The van der Waals surface area contributed by atoms with Crippen molar-refractivity contribution in [1.82, 2.24) is 10.3 Å². The molecule has 1 atom stereocenters. The number of hydrogen-bond donors (Lipinski definition) is 2. The number of pyridine rings is 1. The van der Waals surface area contributed by atoms with Gasteiger partial charge in [0.2, 0.25) is 5.43 Å². The summed E-state index contributed by atoms with van der Waals surface area (Å²) in [6.45, 7) is 0.848. The van der Waals surface area contributed by atoms with Crippen LogP contribution in [0.5, 0.6) is 0 Å². The van der Waals surface area contributed by atoms with Gasteiger partial charge in [-0.1, -0.05) is 24.3 Å². The third-order valence-electron chi connectivity index (χ3n) is 5.31. The first-order chi connectivity index (χ1) is 16.0. The Labute approximate surface area is 192 Å². The molecule has 2 N–H and O–H groups in total. The Hall–Kier alpha value is -3.38. The smallest absolute Gasteiger partial charge is 0.416 e. The van der Waals surface area contributed by atoms with E-state index in [1.165, 1.54) is 18.3 Å². The fourth-order valence-electron chi connectivity index (χ4n) is 3.56. The molecule has 8 nitrogen and oxygen atoms in total. The van der Waals surface area contributed by atoms with E-state index in [9.17, 15) is 31.2 Å². The molecule has 12 heteroatoms. The first-order valence-electron chi connectivity index (χ1n) is 10.3. The number of carbonyl (C=O) groups is 1. The Morgan fingerprint density at radius 2 is 2.00 bits per heavy atom. The number of amides is 1. The lowest BCUT2D eigenvalue weighted by atomic mass is 10.1. The molecule has 1 aliphatic heterocycles. The molecular formula is C22H19F3N3O5S-. The summed E-state index contributed by atoms with van der Waals surface area (Å²) in [6, 6.07) is 7.11. The van der Waals surface area contributed by atoms with Crippen molar-refractivity contribution in [1.29, 1.82) is 0 Å². The summed E-state index contributed by atoms with van der Waals surface area (Å²) in [5.41, 5.74) is -2.09. The van der Waals surface area contributed by atoms with Crippen LogP contribution in [0.2, 0.25) is 0 Å². The van der Waals surface area contributed by atoms with Crippen LogP contribution in [-0.4, -0.2) is 38.6 Å². The van der Waals surface area contributed by atoms with Gasteiger partial charge in [-0.2, -0.15) is 13.2 Å². The van der Waals surface area contributed by atoms with Crippen LogP contribution in [0, 0.1) is 0 Å². The Morgan fingerprint density at radius 3 is 2.71 bits per heavy atom. The molecule has 2 heterocycles. The van der Waals surface area contributed by atoms with Gasteiger partial charge < -0.3 is 19.8 Å². The maximum absolute atomic E-state index is 12.9. The van der Waals surface area contributed by atoms with Crippen LogP contribution in [0.3, 0.4) is 0 Å². The van der Waals surface area contributed by atoms with E-state index in [0.29, 0.717) is 12.7 Å². The summed E-state index contributed by atoms with van der Waals surface area (Å²) in [5, 5.41) is 2.55. The van der Waals surface area contributed by atoms with E-state index >= 15 is 0 Å². The molecule has 34 heavy (non-hydrogen) atoms. The first-order valence-corrected chi connectivity index (χ1v) is 11.7. The van der Waals surface area contributed by atoms with Crippen molar-refractivity contribution in [3.05, 3.63) is 74.7 Å². The van der Waals surface area contributed by atoms with Crippen LogP contribution >= 0.6 is 0 Å². The van der Waals surface area contributed by atoms with Gasteiger partial charge in [0.1, 0.15) is 15.6 Å². The predicted molar refractivity (Wildman–Crippen MR) is 118 cm³/mol. The van der Waals surface area contributed by atoms with E-state index in [4.69, 9.17) is 4.74 Å². The van der Waals surface area contributed by atoms with Crippen molar-refractivity contribution in [2.75, 3.05) is 13.2 Å². The maximum Gasteiger partial charge on any atom is 0.416 e. The molecule has 0 aliphatic carbocycles. The highest BCUT2D eigenvalue weighted by Gasteiger charge is 2.30. The molecule has 2 aromatic carbocycles. The fourth-order valence-corrected chi connectivity index (χ4v) is 4.57. The average molecular weight is 494 g/mol. The van der Waals surface area contributed by atoms with Gasteiger partial charge in [0.15, 0.2) is 0 Å². The minimum absolute atomic E-state index is 0.0786. The van der Waals surface area contributed by atoms with E-state index in [1.54, 1.807) is 0 Å². The number of nitrogens with zero attached hydrogens (tertiary/aromatic N) is 1. The molecule has 1 unspecified atom stereocenters. The zero-order chi connectivity index (χ0) is 24.5. The number of aromatic amines is 1. The number of H-pyrrole nitrogens is 1. The van der Waals surface area contributed by atoms with Gasteiger partial charge in [0.25, 0.3) is 5.91 Å². The number of halogens is 3. The third-order valence-corrected chi connectivity index (χ3v) is 6.61. The molecule has 1 saturated heterocycles. The molecule has 3 aromatic rings. The van der Waals surface area contributed by atoms with E-state index < -0.39 is 43.7 Å². The Morgan fingerprint density at radius 1 is 1.21 bits per heavy atom. The number of carbonyl (C=O) groups excluding carboxylic acids is 1. The highest BCUT2D eigenvalue weighted by Crippen LogP contribution is 2.35. The molecule has 0 radical (unpaired) electrons. The van der Waals surface area contributed by atoms with Crippen LogP contribution < -0.4 is 10.7 Å². The third kappa shape index (κ3) is 5.07. The molecular weight excluding hydrogens is 475 g/mol. The second kappa shape index (κ2) is 9.11. The number of nitrogens with one attached hydrogen (secondary N) is 2. The summed E-state index contributed by atoms with van der Waals surface area (Å²) < 4.78 is 73.1. The number of rotatable bonds is 6. The van der Waals surface area contributed by atoms with E-state index in [2.05, 4.69) is 15.0 Å².